The number of carbonyl (C=O) groups is 2. The Labute approximate surface area is 190 Å². The van der Waals surface area contributed by atoms with Gasteiger partial charge >= 0.3 is 12.2 Å². The molecule has 1 heterocycles. The van der Waals surface area contributed by atoms with Crippen LogP contribution in [-0.4, -0.2) is 17.6 Å². The molecule has 1 atom stereocenters. The summed E-state index contributed by atoms with van der Waals surface area (Å²) in [5.41, 5.74) is 5.37. The molecule has 0 fully saturated rings. The lowest BCUT2D eigenvalue weighted by Gasteiger charge is -2.22. The first-order valence-electron chi connectivity index (χ1n) is 9.96. The molecule has 0 aromatic heterocycles. The van der Waals surface area contributed by atoms with E-state index in [1.807, 2.05) is 0 Å². The maximum absolute atomic E-state index is 15.5. The molecule has 3 amide bonds. The number of primary amides is 1. The van der Waals surface area contributed by atoms with Gasteiger partial charge < -0.3 is 21.2 Å². The summed E-state index contributed by atoms with van der Waals surface area (Å²) >= 11 is 0. The molecule has 0 bridgehead atoms. The van der Waals surface area contributed by atoms with Crippen molar-refractivity contribution in [3.63, 3.8) is 0 Å². The van der Waals surface area contributed by atoms with Gasteiger partial charge in [0.15, 0.2) is 5.76 Å². The molecule has 0 radical (unpaired) electrons. The number of benzene rings is 2. The number of rotatable bonds is 5. The fourth-order valence-corrected chi connectivity index (χ4v) is 3.60. The van der Waals surface area contributed by atoms with Gasteiger partial charge in [0.2, 0.25) is 5.67 Å². The molecule has 0 spiro atoms. The number of hydrogen-bond donors (Lipinski definition) is 4. The predicted octanol–water partition coefficient (Wildman–Crippen LogP) is 3.92. The van der Waals surface area contributed by atoms with Crippen molar-refractivity contribution in [2.75, 3.05) is 5.32 Å². The fraction of sp³-hybridized carbons (Fsp3) is 0.130. The van der Waals surface area contributed by atoms with Gasteiger partial charge in [0.1, 0.15) is 0 Å². The van der Waals surface area contributed by atoms with Crippen LogP contribution in [0.2, 0.25) is 0 Å². The minimum Gasteiger partial charge on any atom is -0.382 e. The van der Waals surface area contributed by atoms with E-state index in [-0.39, 0.29) is 29.3 Å². The maximum Gasteiger partial charge on any atom is 0.416 e. The molecule has 2 aliphatic rings. The third-order valence-corrected chi connectivity index (χ3v) is 5.23. The van der Waals surface area contributed by atoms with E-state index in [9.17, 15) is 22.8 Å². The number of halogens is 4. The highest BCUT2D eigenvalue weighted by atomic mass is 19.4. The van der Waals surface area contributed by atoms with Crippen LogP contribution in [0.3, 0.4) is 0 Å². The first-order valence-corrected chi connectivity index (χ1v) is 9.96. The van der Waals surface area contributed by atoms with Gasteiger partial charge in [-0.25, -0.2) is 14.7 Å². The van der Waals surface area contributed by atoms with E-state index in [0.29, 0.717) is 11.1 Å². The molecule has 11 heteroatoms. The van der Waals surface area contributed by atoms with Gasteiger partial charge in [-0.05, 0) is 35.9 Å². The normalized spacial score (nSPS) is 19.0. The summed E-state index contributed by atoms with van der Waals surface area (Å²) in [6.07, 6.45) is -0.732. The lowest BCUT2D eigenvalue weighted by molar-refractivity contribution is -0.137. The number of alkyl halides is 4. The van der Waals surface area contributed by atoms with Crippen molar-refractivity contribution in [2.24, 2.45) is 5.73 Å². The Morgan fingerprint density at radius 1 is 1.12 bits per heavy atom. The summed E-state index contributed by atoms with van der Waals surface area (Å²) in [7, 11) is 0. The van der Waals surface area contributed by atoms with Gasteiger partial charge in [-0.2, -0.15) is 13.2 Å². The van der Waals surface area contributed by atoms with Crippen molar-refractivity contribution < 1.29 is 32.0 Å². The van der Waals surface area contributed by atoms with Crippen LogP contribution >= 0.6 is 0 Å². The smallest absolute Gasteiger partial charge is 0.382 e. The van der Waals surface area contributed by atoms with Gasteiger partial charge in [-0.3, -0.25) is 4.79 Å². The Bertz CT molecular complexity index is 1250. The van der Waals surface area contributed by atoms with E-state index in [1.165, 1.54) is 24.3 Å². The second-order valence-electron chi connectivity index (χ2n) is 7.46. The highest BCUT2D eigenvalue weighted by Gasteiger charge is 2.47. The number of anilines is 1. The van der Waals surface area contributed by atoms with Crippen molar-refractivity contribution in [2.45, 2.75) is 18.4 Å². The maximum atomic E-state index is 15.5. The number of carbonyl (C=O) groups excluding carboxylic acids is 2. The van der Waals surface area contributed by atoms with Crippen molar-refractivity contribution >= 4 is 23.3 Å². The summed E-state index contributed by atoms with van der Waals surface area (Å²) in [6.45, 7) is -0.0653. The average molecular weight is 474 g/mol. The lowest BCUT2D eigenvalue weighted by Crippen LogP contribution is -2.41. The standard InChI is InChI=1S/C23H18F4N4O3/c24-22(20(28)32)10-4-9-17-18(22)19(31-34-17)16-8-2-1-5-13(16)12-29-21(33)30-15-7-3-6-14(11-15)23(25,26)27/h1-11,31H,12H2,(H2,28,32)(H2,29,30,33). The SMILES string of the molecule is NC(=O)C1(F)C=CC=C2ONC(c3ccccc3CNC(=O)Nc3cccc(C(F)(F)F)c3)=C21. The van der Waals surface area contributed by atoms with Crippen LogP contribution < -0.4 is 21.8 Å². The number of hydroxylamine groups is 1. The summed E-state index contributed by atoms with van der Waals surface area (Å²) in [5, 5.41) is 4.89. The summed E-state index contributed by atoms with van der Waals surface area (Å²) in [4.78, 5) is 29.5. The number of allylic oxidation sites excluding steroid dienone is 3. The van der Waals surface area contributed by atoms with Crippen LogP contribution in [0.1, 0.15) is 16.7 Å². The van der Waals surface area contributed by atoms with Gasteiger partial charge in [0, 0.05) is 17.8 Å². The number of nitrogens with one attached hydrogen (secondary N) is 3. The molecule has 0 saturated carbocycles. The van der Waals surface area contributed by atoms with Crippen molar-refractivity contribution in [3.8, 4) is 0 Å². The summed E-state index contributed by atoms with van der Waals surface area (Å²) < 4.78 is 54.1. The Kier molecular flexibility index (Phi) is 5.78. The molecule has 0 saturated heterocycles. The van der Waals surface area contributed by atoms with Crippen LogP contribution in [0.5, 0.6) is 0 Å². The lowest BCUT2D eigenvalue weighted by atomic mass is 9.86. The van der Waals surface area contributed by atoms with E-state index in [0.717, 1.165) is 18.2 Å². The molecule has 1 aliphatic carbocycles. The van der Waals surface area contributed by atoms with Crippen LogP contribution in [0.25, 0.3) is 5.70 Å². The predicted molar refractivity (Wildman–Crippen MR) is 115 cm³/mol. The van der Waals surface area contributed by atoms with Gasteiger partial charge in [-0.15, -0.1) is 0 Å². The van der Waals surface area contributed by atoms with Crippen molar-refractivity contribution in [3.05, 3.63) is 94.8 Å². The monoisotopic (exact) mass is 474 g/mol. The Hall–Kier alpha value is -4.28. The largest absolute Gasteiger partial charge is 0.416 e. The fourth-order valence-electron chi connectivity index (χ4n) is 3.60. The Morgan fingerprint density at radius 2 is 1.88 bits per heavy atom. The number of amides is 3. The second-order valence-corrected chi connectivity index (χ2v) is 7.46. The summed E-state index contributed by atoms with van der Waals surface area (Å²) in [5.74, 6) is -1.13. The van der Waals surface area contributed by atoms with E-state index >= 15 is 4.39 Å². The third kappa shape index (κ3) is 4.32. The molecule has 1 unspecified atom stereocenters. The zero-order chi connectivity index (χ0) is 24.5. The van der Waals surface area contributed by atoms with Crippen LogP contribution in [-0.2, 0) is 22.4 Å². The number of nitrogens with two attached hydrogens (primary N) is 1. The molecule has 2 aromatic rings. The molecule has 1 aliphatic heterocycles. The molecule has 4 rings (SSSR count). The number of fused-ring (bicyclic) bond motifs is 1. The molecule has 2 aromatic carbocycles. The van der Waals surface area contributed by atoms with Crippen LogP contribution in [0.4, 0.5) is 28.0 Å². The first-order chi connectivity index (χ1) is 16.1. The average Bonchev–Trinajstić information content (AvgIpc) is 3.23. The quantitative estimate of drug-likeness (QED) is 0.493. The minimum absolute atomic E-state index is 0.0381. The van der Waals surface area contributed by atoms with Crippen molar-refractivity contribution in [1.29, 1.82) is 0 Å². The molecule has 176 valence electrons. The topological polar surface area (TPSA) is 105 Å². The van der Waals surface area contributed by atoms with Gasteiger partial charge in [-0.1, -0.05) is 36.4 Å². The van der Waals surface area contributed by atoms with Crippen LogP contribution in [0, 0.1) is 0 Å². The van der Waals surface area contributed by atoms with Gasteiger partial charge in [0.25, 0.3) is 5.91 Å². The van der Waals surface area contributed by atoms with Gasteiger partial charge in [0.05, 0.1) is 16.8 Å². The zero-order valence-electron chi connectivity index (χ0n) is 17.4. The highest BCUT2D eigenvalue weighted by molar-refractivity contribution is 5.96. The van der Waals surface area contributed by atoms with E-state index in [4.69, 9.17) is 10.6 Å². The molecule has 7 nitrogen and oxygen atoms in total. The summed E-state index contributed by atoms with van der Waals surface area (Å²) in [6, 6.07) is 10.1. The highest BCUT2D eigenvalue weighted by Crippen LogP contribution is 2.42. The van der Waals surface area contributed by atoms with E-state index < -0.39 is 29.3 Å². The Morgan fingerprint density at radius 3 is 2.62 bits per heavy atom. The Balaban J connectivity index is 1.55. The van der Waals surface area contributed by atoms with Crippen LogP contribution in [0.15, 0.2) is 78.1 Å². The molecular formula is C23H18F4N4O3. The van der Waals surface area contributed by atoms with Crippen molar-refractivity contribution in [1.82, 2.24) is 10.8 Å². The molecule has 34 heavy (non-hydrogen) atoms. The van der Waals surface area contributed by atoms with E-state index in [1.54, 1.807) is 24.3 Å². The van der Waals surface area contributed by atoms with E-state index in [2.05, 4.69) is 16.1 Å². The first kappa shape index (κ1) is 22.9. The zero-order valence-corrected chi connectivity index (χ0v) is 17.4. The third-order valence-electron chi connectivity index (χ3n) is 5.23. The minimum atomic E-state index is -4.55. The second kappa shape index (κ2) is 8.58. The number of hydrogen-bond acceptors (Lipinski definition) is 4. The molecule has 5 N–H and O–H groups in total. The number of urea groups is 1. The molecular weight excluding hydrogens is 456 g/mol.